The average molecular weight is 287 g/mol. The molecule has 0 radical (unpaired) electrons. The standard InChI is InChI=1S/C18H25NO2/c1-5-7-8-12(6-2)16(20)13-9-10-15-14(11-13)18(3,4)17(21)19-15/h9-12H,5-8H2,1-4H3,(H,19,21). The number of carbonyl (C=O) groups excluding carboxylic acids is 2. The molecule has 1 aliphatic rings. The van der Waals surface area contributed by atoms with Crippen LogP contribution in [0.1, 0.15) is 69.3 Å². The first-order valence-electron chi connectivity index (χ1n) is 7.92. The number of carbonyl (C=O) groups is 2. The van der Waals surface area contributed by atoms with Crippen LogP contribution < -0.4 is 5.32 Å². The summed E-state index contributed by atoms with van der Waals surface area (Å²) in [5, 5.41) is 2.88. The van der Waals surface area contributed by atoms with Crippen LogP contribution in [0.3, 0.4) is 0 Å². The van der Waals surface area contributed by atoms with E-state index in [-0.39, 0.29) is 17.6 Å². The van der Waals surface area contributed by atoms with Crippen molar-refractivity contribution in [2.24, 2.45) is 5.92 Å². The van der Waals surface area contributed by atoms with Crippen molar-refractivity contribution in [3.63, 3.8) is 0 Å². The van der Waals surface area contributed by atoms with Crippen LogP contribution in [0, 0.1) is 5.92 Å². The minimum atomic E-state index is -0.559. The van der Waals surface area contributed by atoms with Gasteiger partial charge in [-0.1, -0.05) is 26.7 Å². The first kappa shape index (κ1) is 15.7. The molecule has 0 spiro atoms. The van der Waals surface area contributed by atoms with Crippen LogP contribution >= 0.6 is 0 Å². The maximum Gasteiger partial charge on any atom is 0.234 e. The minimum Gasteiger partial charge on any atom is -0.325 e. The number of hydrogen-bond donors (Lipinski definition) is 1. The molecule has 2 rings (SSSR count). The summed E-state index contributed by atoms with van der Waals surface area (Å²) in [7, 11) is 0. The van der Waals surface area contributed by atoms with Crippen LogP contribution in [0.25, 0.3) is 0 Å². The minimum absolute atomic E-state index is 0.000114. The average Bonchev–Trinajstić information content (AvgIpc) is 2.69. The molecule has 0 aromatic heterocycles. The highest BCUT2D eigenvalue weighted by Crippen LogP contribution is 2.38. The van der Waals surface area contributed by atoms with E-state index in [1.54, 1.807) is 0 Å². The van der Waals surface area contributed by atoms with Crippen molar-refractivity contribution in [1.29, 1.82) is 0 Å². The lowest BCUT2D eigenvalue weighted by atomic mass is 9.83. The second-order valence-electron chi connectivity index (χ2n) is 6.45. The topological polar surface area (TPSA) is 46.2 Å². The Morgan fingerprint density at radius 3 is 2.62 bits per heavy atom. The van der Waals surface area contributed by atoms with E-state index in [2.05, 4.69) is 19.2 Å². The van der Waals surface area contributed by atoms with E-state index in [4.69, 9.17) is 0 Å². The number of nitrogens with one attached hydrogen (secondary N) is 1. The van der Waals surface area contributed by atoms with Gasteiger partial charge in [0, 0.05) is 17.2 Å². The molecular weight excluding hydrogens is 262 g/mol. The number of amides is 1. The van der Waals surface area contributed by atoms with Gasteiger partial charge in [0.25, 0.3) is 0 Å². The van der Waals surface area contributed by atoms with Gasteiger partial charge in [0.15, 0.2) is 5.78 Å². The fraction of sp³-hybridized carbons (Fsp3) is 0.556. The smallest absolute Gasteiger partial charge is 0.234 e. The third kappa shape index (κ3) is 2.87. The zero-order chi connectivity index (χ0) is 15.6. The van der Waals surface area contributed by atoms with Gasteiger partial charge in [-0.25, -0.2) is 0 Å². The van der Waals surface area contributed by atoms with Crippen molar-refractivity contribution in [3.05, 3.63) is 29.3 Å². The van der Waals surface area contributed by atoms with Crippen LogP contribution in [0.4, 0.5) is 5.69 Å². The number of Topliss-reactive ketones (excluding diaryl/α,β-unsaturated/α-hetero) is 1. The van der Waals surface area contributed by atoms with Crippen LogP contribution in [-0.2, 0) is 10.2 Å². The first-order valence-corrected chi connectivity index (χ1v) is 7.92. The molecule has 1 unspecified atom stereocenters. The molecule has 1 N–H and O–H groups in total. The second-order valence-corrected chi connectivity index (χ2v) is 6.45. The summed E-state index contributed by atoms with van der Waals surface area (Å²) in [6.45, 7) is 8.01. The molecule has 1 aromatic carbocycles. The molecule has 1 aliphatic heterocycles. The second kappa shape index (κ2) is 6.00. The number of ketones is 1. The summed E-state index contributed by atoms with van der Waals surface area (Å²) in [6, 6.07) is 5.61. The number of hydrogen-bond acceptors (Lipinski definition) is 2. The van der Waals surface area contributed by atoms with Gasteiger partial charge in [0.05, 0.1) is 5.41 Å². The van der Waals surface area contributed by atoms with Gasteiger partial charge in [-0.05, 0) is 50.5 Å². The van der Waals surface area contributed by atoms with Gasteiger partial charge < -0.3 is 5.32 Å². The van der Waals surface area contributed by atoms with E-state index in [0.29, 0.717) is 0 Å². The highest BCUT2D eigenvalue weighted by Gasteiger charge is 2.38. The zero-order valence-corrected chi connectivity index (χ0v) is 13.5. The van der Waals surface area contributed by atoms with Crippen molar-refractivity contribution in [3.8, 4) is 0 Å². The van der Waals surface area contributed by atoms with E-state index in [1.165, 1.54) is 0 Å². The molecule has 1 aromatic rings. The normalized spacial score (nSPS) is 17.2. The van der Waals surface area contributed by atoms with Crippen molar-refractivity contribution < 1.29 is 9.59 Å². The highest BCUT2D eigenvalue weighted by molar-refractivity contribution is 6.07. The van der Waals surface area contributed by atoms with Crippen LogP contribution in [0.15, 0.2) is 18.2 Å². The zero-order valence-electron chi connectivity index (χ0n) is 13.5. The molecule has 3 heteroatoms. The number of benzene rings is 1. The molecular formula is C18H25NO2. The largest absolute Gasteiger partial charge is 0.325 e. The Kier molecular flexibility index (Phi) is 4.50. The quantitative estimate of drug-likeness (QED) is 0.792. The highest BCUT2D eigenvalue weighted by atomic mass is 16.2. The summed E-state index contributed by atoms with van der Waals surface area (Å²) in [5.74, 6) is 0.306. The molecule has 21 heavy (non-hydrogen) atoms. The first-order chi connectivity index (χ1) is 9.91. The van der Waals surface area contributed by atoms with Crippen molar-refractivity contribution in [1.82, 2.24) is 0 Å². The SMILES string of the molecule is CCCCC(CC)C(=O)c1ccc2c(c1)C(C)(C)C(=O)N2. The van der Waals surface area contributed by atoms with E-state index < -0.39 is 5.41 Å². The summed E-state index contributed by atoms with van der Waals surface area (Å²) < 4.78 is 0. The third-order valence-corrected chi connectivity index (χ3v) is 4.56. The number of rotatable bonds is 6. The molecule has 0 fully saturated rings. The van der Waals surface area contributed by atoms with Crippen LogP contribution in [0.5, 0.6) is 0 Å². The Balaban J connectivity index is 2.29. The molecule has 0 saturated carbocycles. The Bertz CT molecular complexity index is 560. The summed E-state index contributed by atoms with van der Waals surface area (Å²) in [4.78, 5) is 24.6. The van der Waals surface area contributed by atoms with Gasteiger partial charge in [-0.15, -0.1) is 0 Å². The number of anilines is 1. The van der Waals surface area contributed by atoms with Gasteiger partial charge in [0.2, 0.25) is 5.91 Å². The summed E-state index contributed by atoms with van der Waals surface area (Å²) in [5.41, 5.74) is 1.95. The molecule has 0 aliphatic carbocycles. The Morgan fingerprint density at radius 2 is 2.00 bits per heavy atom. The van der Waals surface area contributed by atoms with E-state index in [1.807, 2.05) is 32.0 Å². The third-order valence-electron chi connectivity index (χ3n) is 4.56. The number of fused-ring (bicyclic) bond motifs is 1. The van der Waals surface area contributed by atoms with Crippen molar-refractivity contribution in [2.75, 3.05) is 5.32 Å². The van der Waals surface area contributed by atoms with E-state index in [9.17, 15) is 9.59 Å². The molecule has 0 saturated heterocycles. The molecule has 1 heterocycles. The monoisotopic (exact) mass is 287 g/mol. The molecule has 3 nitrogen and oxygen atoms in total. The van der Waals surface area contributed by atoms with Crippen molar-refractivity contribution in [2.45, 2.75) is 58.8 Å². The van der Waals surface area contributed by atoms with Crippen LogP contribution in [0.2, 0.25) is 0 Å². The van der Waals surface area contributed by atoms with Crippen LogP contribution in [-0.4, -0.2) is 11.7 Å². The number of unbranched alkanes of at least 4 members (excludes halogenated alkanes) is 1. The van der Waals surface area contributed by atoms with Crippen molar-refractivity contribution >= 4 is 17.4 Å². The molecule has 0 bridgehead atoms. The van der Waals surface area contributed by atoms with E-state index in [0.717, 1.165) is 42.5 Å². The Labute approximate surface area is 127 Å². The Morgan fingerprint density at radius 1 is 1.29 bits per heavy atom. The lowest BCUT2D eigenvalue weighted by Crippen LogP contribution is -2.27. The van der Waals surface area contributed by atoms with Gasteiger partial charge in [0.1, 0.15) is 0 Å². The van der Waals surface area contributed by atoms with E-state index >= 15 is 0 Å². The fourth-order valence-electron chi connectivity index (χ4n) is 2.93. The van der Waals surface area contributed by atoms with Gasteiger partial charge >= 0.3 is 0 Å². The summed E-state index contributed by atoms with van der Waals surface area (Å²) in [6.07, 6.45) is 4.01. The fourth-order valence-corrected chi connectivity index (χ4v) is 2.93. The lowest BCUT2D eigenvalue weighted by Gasteiger charge is -2.17. The van der Waals surface area contributed by atoms with Gasteiger partial charge in [-0.3, -0.25) is 9.59 Å². The Hall–Kier alpha value is -1.64. The maximum absolute atomic E-state index is 12.7. The molecule has 1 amide bonds. The molecule has 114 valence electrons. The van der Waals surface area contributed by atoms with Gasteiger partial charge in [-0.2, -0.15) is 0 Å². The maximum atomic E-state index is 12.7. The predicted octanol–water partition coefficient (Wildman–Crippen LogP) is 4.32. The lowest BCUT2D eigenvalue weighted by molar-refractivity contribution is -0.119. The predicted molar refractivity (Wildman–Crippen MR) is 85.7 cm³/mol. The summed E-state index contributed by atoms with van der Waals surface area (Å²) >= 11 is 0. The molecule has 1 atom stereocenters.